The second-order valence-corrected chi connectivity index (χ2v) is 6.54. The number of hydrogen-bond acceptors (Lipinski definition) is 5. The second-order valence-electron chi connectivity index (χ2n) is 6.54. The average molecular weight is 285 g/mol. The third kappa shape index (κ3) is 1.73. The standard InChI is InChI=1S/C15H19N5O/c1-6-16-14-8-13(10-19(14)7-1)20-17-15(21-18-20)9-11-2-4-12(15)5-3-11/h1,6-8,10-12,17-18H,2-5,9H2/t11?,12?,15-/m1/s1. The first-order valence-electron chi connectivity index (χ1n) is 7.77. The SMILES string of the molecule is c1cnc2cc(N3NO[C@@]4(CC5CCC4CC5)N3)cn2c1. The lowest BCUT2D eigenvalue weighted by atomic mass is 9.66. The molecule has 2 aromatic heterocycles. The van der Waals surface area contributed by atoms with Crippen molar-refractivity contribution in [2.45, 2.75) is 37.8 Å². The molecule has 0 aromatic carbocycles. The predicted octanol–water partition coefficient (Wildman–Crippen LogP) is 2.00. The maximum absolute atomic E-state index is 6.01. The van der Waals surface area contributed by atoms with Crippen LogP contribution in [0.4, 0.5) is 5.69 Å². The van der Waals surface area contributed by atoms with Crippen LogP contribution in [0.5, 0.6) is 0 Å². The van der Waals surface area contributed by atoms with Crippen molar-refractivity contribution < 1.29 is 4.84 Å². The number of hydrogen-bond donors (Lipinski definition) is 2. The van der Waals surface area contributed by atoms with Crippen molar-refractivity contribution in [1.82, 2.24) is 20.4 Å². The van der Waals surface area contributed by atoms with Crippen molar-refractivity contribution in [2.24, 2.45) is 11.8 Å². The van der Waals surface area contributed by atoms with Crippen LogP contribution >= 0.6 is 0 Å². The maximum atomic E-state index is 6.01. The summed E-state index contributed by atoms with van der Waals surface area (Å²) in [4.78, 5) is 10.4. The molecule has 0 unspecified atom stereocenters. The van der Waals surface area contributed by atoms with Crippen molar-refractivity contribution in [2.75, 3.05) is 5.12 Å². The largest absolute Gasteiger partial charge is 0.306 e. The van der Waals surface area contributed by atoms with Crippen LogP contribution in [0.2, 0.25) is 0 Å². The van der Waals surface area contributed by atoms with Gasteiger partial charge in [-0.1, -0.05) is 5.59 Å². The van der Waals surface area contributed by atoms with Gasteiger partial charge in [-0.05, 0) is 44.1 Å². The van der Waals surface area contributed by atoms with Gasteiger partial charge in [-0.15, -0.1) is 0 Å². The molecule has 3 heterocycles. The Labute approximate surface area is 123 Å². The maximum Gasteiger partial charge on any atom is 0.163 e. The van der Waals surface area contributed by atoms with Crippen molar-refractivity contribution in [1.29, 1.82) is 0 Å². The predicted molar refractivity (Wildman–Crippen MR) is 77.8 cm³/mol. The van der Waals surface area contributed by atoms with E-state index in [0.29, 0.717) is 5.92 Å². The highest BCUT2D eigenvalue weighted by atomic mass is 16.7. The molecular formula is C15H19N5O. The molecule has 4 fully saturated rings. The molecule has 1 spiro atoms. The first kappa shape index (κ1) is 12.0. The fraction of sp³-hybridized carbons (Fsp3) is 0.533. The van der Waals surface area contributed by atoms with Gasteiger partial charge in [-0.25, -0.2) is 10.1 Å². The van der Waals surface area contributed by atoms with Crippen LogP contribution in [0.25, 0.3) is 5.65 Å². The van der Waals surface area contributed by atoms with E-state index in [4.69, 9.17) is 4.84 Å². The number of nitrogens with zero attached hydrogens (tertiary/aromatic N) is 3. The summed E-state index contributed by atoms with van der Waals surface area (Å²) in [6.45, 7) is 0. The number of rotatable bonds is 1. The average Bonchev–Trinajstić information content (AvgIpc) is 3.13. The van der Waals surface area contributed by atoms with E-state index >= 15 is 0 Å². The van der Waals surface area contributed by atoms with Crippen LogP contribution < -0.4 is 16.1 Å². The number of anilines is 1. The highest BCUT2D eigenvalue weighted by molar-refractivity contribution is 5.56. The Hall–Kier alpha value is -1.63. The van der Waals surface area contributed by atoms with Gasteiger partial charge in [0.2, 0.25) is 0 Å². The van der Waals surface area contributed by atoms with Crippen molar-refractivity contribution in [3.8, 4) is 0 Å². The zero-order chi connectivity index (χ0) is 13.9. The van der Waals surface area contributed by atoms with Crippen LogP contribution in [-0.2, 0) is 4.84 Å². The molecule has 2 aromatic rings. The molecule has 6 rings (SSSR count). The lowest BCUT2D eigenvalue weighted by Gasteiger charge is -2.47. The molecule has 4 aliphatic rings. The van der Waals surface area contributed by atoms with Gasteiger partial charge in [0.1, 0.15) is 5.65 Å². The summed E-state index contributed by atoms with van der Waals surface area (Å²) in [6, 6.07) is 3.98. The number of hydrazine groups is 2. The van der Waals surface area contributed by atoms with Crippen LogP contribution in [0.1, 0.15) is 32.1 Å². The van der Waals surface area contributed by atoms with Gasteiger partial charge >= 0.3 is 0 Å². The molecule has 3 aliphatic carbocycles. The van der Waals surface area contributed by atoms with E-state index in [-0.39, 0.29) is 5.72 Å². The Bertz CT molecular complexity index is 645. The highest BCUT2D eigenvalue weighted by Crippen LogP contribution is 2.49. The smallest absolute Gasteiger partial charge is 0.163 e. The first-order chi connectivity index (χ1) is 10.3. The van der Waals surface area contributed by atoms with E-state index in [1.165, 1.54) is 25.7 Å². The summed E-state index contributed by atoms with van der Waals surface area (Å²) >= 11 is 0. The fourth-order valence-corrected chi connectivity index (χ4v) is 4.22. The third-order valence-electron chi connectivity index (χ3n) is 5.33. The van der Waals surface area contributed by atoms with Gasteiger partial charge in [0.25, 0.3) is 0 Å². The molecule has 1 atom stereocenters. The Kier molecular flexibility index (Phi) is 2.39. The van der Waals surface area contributed by atoms with Gasteiger partial charge in [0.05, 0.1) is 5.69 Å². The highest BCUT2D eigenvalue weighted by Gasteiger charge is 2.53. The number of aromatic nitrogens is 2. The quantitative estimate of drug-likeness (QED) is 0.839. The molecule has 0 radical (unpaired) electrons. The zero-order valence-electron chi connectivity index (χ0n) is 11.8. The van der Waals surface area contributed by atoms with E-state index < -0.39 is 0 Å². The van der Waals surface area contributed by atoms with Crippen molar-refractivity contribution in [3.05, 3.63) is 30.7 Å². The van der Waals surface area contributed by atoms with Gasteiger partial charge in [0, 0.05) is 30.6 Å². The monoisotopic (exact) mass is 285 g/mol. The number of fused-ring (bicyclic) bond motifs is 3. The van der Waals surface area contributed by atoms with E-state index in [0.717, 1.165) is 23.7 Å². The molecule has 3 saturated carbocycles. The minimum absolute atomic E-state index is 0.220. The summed E-state index contributed by atoms with van der Waals surface area (Å²) < 4.78 is 2.01. The molecule has 21 heavy (non-hydrogen) atoms. The molecule has 6 nitrogen and oxygen atoms in total. The second kappa shape index (κ2) is 4.19. The first-order valence-corrected chi connectivity index (χ1v) is 7.77. The summed E-state index contributed by atoms with van der Waals surface area (Å²) in [6.07, 6.45) is 12.2. The Morgan fingerprint density at radius 2 is 2.19 bits per heavy atom. The van der Waals surface area contributed by atoms with E-state index in [1.54, 1.807) is 0 Å². The topological polar surface area (TPSA) is 53.8 Å². The third-order valence-corrected chi connectivity index (χ3v) is 5.33. The van der Waals surface area contributed by atoms with Crippen LogP contribution in [0.3, 0.4) is 0 Å². The van der Waals surface area contributed by atoms with Crippen LogP contribution in [0, 0.1) is 11.8 Å². The lowest BCUT2D eigenvalue weighted by Crippen LogP contribution is -2.57. The van der Waals surface area contributed by atoms with E-state index in [9.17, 15) is 0 Å². The molecule has 6 heteroatoms. The van der Waals surface area contributed by atoms with Crippen molar-refractivity contribution >= 4 is 11.3 Å². The van der Waals surface area contributed by atoms with Gasteiger partial charge in [0.15, 0.2) is 5.72 Å². The van der Waals surface area contributed by atoms with Crippen LogP contribution in [0.15, 0.2) is 30.7 Å². The van der Waals surface area contributed by atoms with E-state index in [1.807, 2.05) is 40.2 Å². The van der Waals surface area contributed by atoms with Gasteiger partial charge < -0.3 is 4.40 Å². The minimum Gasteiger partial charge on any atom is -0.306 e. The van der Waals surface area contributed by atoms with Gasteiger partial charge in [-0.2, -0.15) is 5.43 Å². The minimum atomic E-state index is -0.220. The molecule has 1 aliphatic heterocycles. The van der Waals surface area contributed by atoms with Crippen molar-refractivity contribution in [3.63, 3.8) is 0 Å². The Balaban J connectivity index is 1.44. The Morgan fingerprint density at radius 3 is 2.95 bits per heavy atom. The summed E-state index contributed by atoms with van der Waals surface area (Å²) in [5.74, 6) is 1.41. The molecular weight excluding hydrogens is 266 g/mol. The lowest BCUT2D eigenvalue weighted by molar-refractivity contribution is -0.153. The molecule has 110 valence electrons. The molecule has 2 bridgehead atoms. The van der Waals surface area contributed by atoms with E-state index in [2.05, 4.69) is 16.0 Å². The Morgan fingerprint density at radius 1 is 1.29 bits per heavy atom. The molecule has 1 saturated heterocycles. The summed E-state index contributed by atoms with van der Waals surface area (Å²) in [5, 5.41) is 1.90. The number of nitrogens with one attached hydrogen (secondary N) is 2. The molecule has 2 N–H and O–H groups in total. The molecule has 0 amide bonds. The fourth-order valence-electron chi connectivity index (χ4n) is 4.22. The zero-order valence-corrected chi connectivity index (χ0v) is 11.8. The summed E-state index contributed by atoms with van der Waals surface area (Å²) in [7, 11) is 0. The van der Waals surface area contributed by atoms with Gasteiger partial charge in [-0.3, -0.25) is 4.84 Å². The normalized spacial score (nSPS) is 35.1. The summed E-state index contributed by atoms with van der Waals surface area (Å²) in [5.41, 5.74) is 8.37. The van der Waals surface area contributed by atoms with Crippen LogP contribution in [-0.4, -0.2) is 15.1 Å².